The normalized spacial score (nSPS) is 12.2. The van der Waals surface area contributed by atoms with Gasteiger partial charge in [0.05, 0.1) is 19.9 Å². The van der Waals surface area contributed by atoms with Gasteiger partial charge in [-0.3, -0.25) is 14.2 Å². The maximum atomic E-state index is 13.4. The smallest absolute Gasteiger partial charge is 0.318 e. The van der Waals surface area contributed by atoms with Crippen molar-refractivity contribution in [3.05, 3.63) is 58.9 Å². The average molecular weight is 409 g/mol. The van der Waals surface area contributed by atoms with Crippen molar-refractivity contribution >= 4 is 39.7 Å². The molecule has 1 N–H and O–H groups in total. The number of para-hydroxylation sites is 1. The minimum Gasteiger partial charge on any atom is -0.497 e. The summed E-state index contributed by atoms with van der Waals surface area (Å²) in [5.41, 5.74) is 2.21. The largest absolute Gasteiger partial charge is 0.497 e. The number of methoxy groups -OCH3 is 2. The summed E-state index contributed by atoms with van der Waals surface area (Å²) in [4.78, 5) is 33.3. The zero-order chi connectivity index (χ0) is 20.5. The number of rotatable bonds is 5. The fourth-order valence-electron chi connectivity index (χ4n) is 3.15. The zero-order valence-corrected chi connectivity index (χ0v) is 16.9. The molecule has 0 fully saturated rings. The second-order valence-electron chi connectivity index (χ2n) is 6.41. The number of thioether (sulfide) groups is 1. The highest BCUT2D eigenvalue weighted by Gasteiger charge is 2.22. The van der Waals surface area contributed by atoms with Crippen LogP contribution in [0.25, 0.3) is 27.6 Å². The molecule has 8 heteroatoms. The van der Waals surface area contributed by atoms with Gasteiger partial charge < -0.3 is 14.5 Å². The second kappa shape index (κ2) is 7.63. The lowest BCUT2D eigenvalue weighted by molar-refractivity contribution is -0.139. The van der Waals surface area contributed by atoms with Gasteiger partial charge in [0.25, 0.3) is 5.56 Å². The van der Waals surface area contributed by atoms with Crippen molar-refractivity contribution in [3.63, 3.8) is 0 Å². The van der Waals surface area contributed by atoms with Crippen LogP contribution in [-0.4, -0.2) is 40.0 Å². The molecule has 4 rings (SSSR count). The molecular formula is C21H19N3O4S. The molecule has 2 aromatic heterocycles. The van der Waals surface area contributed by atoms with Crippen molar-refractivity contribution < 1.29 is 14.3 Å². The molecule has 2 heterocycles. The molecule has 0 saturated heterocycles. The number of aromatic nitrogens is 3. The third kappa shape index (κ3) is 3.36. The van der Waals surface area contributed by atoms with E-state index in [1.807, 2.05) is 24.3 Å². The maximum absolute atomic E-state index is 13.4. The Morgan fingerprint density at radius 3 is 2.55 bits per heavy atom. The number of carbonyl (C=O) groups excluding carboxylic acids is 1. The van der Waals surface area contributed by atoms with Gasteiger partial charge in [-0.05, 0) is 37.3 Å². The van der Waals surface area contributed by atoms with E-state index in [9.17, 15) is 9.59 Å². The number of hydrogen-bond donors (Lipinski definition) is 1. The quantitative estimate of drug-likeness (QED) is 0.308. The number of fused-ring (bicyclic) bond motifs is 3. The Bertz CT molecular complexity index is 1260. The number of carbonyl (C=O) groups is 1. The number of hydrogen-bond acceptors (Lipinski definition) is 6. The van der Waals surface area contributed by atoms with E-state index in [2.05, 4.69) is 4.98 Å². The van der Waals surface area contributed by atoms with Gasteiger partial charge in [-0.2, -0.15) is 0 Å². The minimum absolute atomic E-state index is 0.240. The first-order valence-electron chi connectivity index (χ1n) is 8.96. The molecule has 0 unspecified atom stereocenters. The number of nitrogens with one attached hydrogen (secondary N) is 1. The Morgan fingerprint density at radius 1 is 1.14 bits per heavy atom. The summed E-state index contributed by atoms with van der Waals surface area (Å²) in [6.07, 6.45) is 0. The van der Waals surface area contributed by atoms with E-state index in [-0.39, 0.29) is 11.5 Å². The van der Waals surface area contributed by atoms with Gasteiger partial charge in [0.2, 0.25) is 0 Å². The molecular weight excluding hydrogens is 390 g/mol. The summed E-state index contributed by atoms with van der Waals surface area (Å²) in [5.74, 6) is 0.295. The second-order valence-corrected chi connectivity index (χ2v) is 7.72. The molecule has 7 nitrogen and oxygen atoms in total. The van der Waals surface area contributed by atoms with Crippen molar-refractivity contribution in [3.8, 4) is 11.4 Å². The number of ether oxygens (including phenoxy) is 2. The Balaban J connectivity index is 1.98. The topological polar surface area (TPSA) is 86.2 Å². The zero-order valence-electron chi connectivity index (χ0n) is 16.1. The number of H-pyrrole nitrogens is 1. The van der Waals surface area contributed by atoms with Crippen LogP contribution in [0.1, 0.15) is 6.92 Å². The van der Waals surface area contributed by atoms with Crippen molar-refractivity contribution in [1.82, 2.24) is 14.5 Å². The lowest BCUT2D eigenvalue weighted by Crippen LogP contribution is -2.24. The molecule has 0 aliphatic rings. The molecule has 0 aliphatic heterocycles. The predicted octanol–water partition coefficient (Wildman–Crippen LogP) is 3.53. The van der Waals surface area contributed by atoms with Gasteiger partial charge in [-0.25, -0.2) is 4.98 Å². The highest BCUT2D eigenvalue weighted by Crippen LogP contribution is 2.29. The van der Waals surface area contributed by atoms with E-state index in [1.54, 1.807) is 38.3 Å². The van der Waals surface area contributed by atoms with E-state index in [1.165, 1.54) is 23.4 Å². The van der Waals surface area contributed by atoms with Gasteiger partial charge in [0, 0.05) is 10.9 Å². The first-order valence-corrected chi connectivity index (χ1v) is 9.84. The van der Waals surface area contributed by atoms with Crippen LogP contribution in [0.2, 0.25) is 0 Å². The van der Waals surface area contributed by atoms with Crippen LogP contribution in [-0.2, 0) is 9.53 Å². The van der Waals surface area contributed by atoms with E-state index in [4.69, 9.17) is 14.5 Å². The van der Waals surface area contributed by atoms with E-state index in [0.29, 0.717) is 27.6 Å². The van der Waals surface area contributed by atoms with Gasteiger partial charge in [0.15, 0.2) is 5.16 Å². The van der Waals surface area contributed by atoms with E-state index < -0.39 is 5.25 Å². The number of aromatic amines is 1. The third-order valence-corrected chi connectivity index (χ3v) is 5.67. The van der Waals surface area contributed by atoms with Crippen molar-refractivity contribution in [1.29, 1.82) is 0 Å². The molecule has 0 amide bonds. The molecule has 0 bridgehead atoms. The monoisotopic (exact) mass is 409 g/mol. The SMILES string of the molecule is COC(=O)[C@@H](C)Sc1nc2c([nH]c3ccccc32)c(=O)n1-c1ccc(OC)cc1. The lowest BCUT2D eigenvalue weighted by Gasteiger charge is -2.15. The molecule has 0 spiro atoms. The van der Waals surface area contributed by atoms with Crippen LogP contribution < -0.4 is 10.3 Å². The van der Waals surface area contributed by atoms with Crippen molar-refractivity contribution in [2.45, 2.75) is 17.3 Å². The maximum Gasteiger partial charge on any atom is 0.318 e. The standard InChI is InChI=1S/C21H19N3O4S/c1-12(20(26)28-3)29-21-23-17-15-6-4-5-7-16(15)22-18(17)19(25)24(21)13-8-10-14(27-2)11-9-13/h4-12,22H,1-3H3/t12-/m1/s1. The van der Waals surface area contributed by atoms with Crippen molar-refractivity contribution in [2.24, 2.45) is 0 Å². The molecule has 0 radical (unpaired) electrons. The van der Waals surface area contributed by atoms with Gasteiger partial charge in [-0.1, -0.05) is 30.0 Å². The van der Waals surface area contributed by atoms with Crippen molar-refractivity contribution in [2.75, 3.05) is 14.2 Å². The summed E-state index contributed by atoms with van der Waals surface area (Å²) in [6, 6.07) is 14.7. The van der Waals surface area contributed by atoms with Crippen LogP contribution in [0.3, 0.4) is 0 Å². The first-order chi connectivity index (χ1) is 14.0. The Hall–Kier alpha value is -3.26. The number of esters is 1. The number of benzene rings is 2. The van der Waals surface area contributed by atoms with Crippen LogP contribution in [0.5, 0.6) is 5.75 Å². The van der Waals surface area contributed by atoms with E-state index >= 15 is 0 Å². The molecule has 2 aromatic carbocycles. The molecule has 148 valence electrons. The average Bonchev–Trinajstić information content (AvgIpc) is 3.12. The highest BCUT2D eigenvalue weighted by atomic mass is 32.2. The number of nitrogens with zero attached hydrogens (tertiary/aromatic N) is 2. The molecule has 4 aromatic rings. The van der Waals surface area contributed by atoms with Crippen LogP contribution in [0, 0.1) is 0 Å². The third-order valence-electron chi connectivity index (χ3n) is 4.64. The van der Waals surface area contributed by atoms with E-state index in [0.717, 1.165) is 10.9 Å². The molecule has 0 saturated carbocycles. The lowest BCUT2D eigenvalue weighted by atomic mass is 10.2. The highest BCUT2D eigenvalue weighted by molar-refractivity contribution is 8.00. The molecule has 0 aliphatic carbocycles. The van der Waals surface area contributed by atoms with Gasteiger partial charge in [-0.15, -0.1) is 0 Å². The fraction of sp³-hybridized carbons (Fsp3) is 0.190. The molecule has 29 heavy (non-hydrogen) atoms. The summed E-state index contributed by atoms with van der Waals surface area (Å²) in [7, 11) is 2.92. The fourth-order valence-corrected chi connectivity index (χ4v) is 4.10. The van der Waals surface area contributed by atoms with Crippen LogP contribution in [0.15, 0.2) is 58.5 Å². The van der Waals surface area contributed by atoms with Crippen LogP contribution >= 0.6 is 11.8 Å². The Kier molecular flexibility index (Phi) is 5.02. The minimum atomic E-state index is -0.529. The summed E-state index contributed by atoms with van der Waals surface area (Å²) < 4.78 is 11.5. The van der Waals surface area contributed by atoms with Crippen LogP contribution in [0.4, 0.5) is 0 Å². The van der Waals surface area contributed by atoms with Gasteiger partial charge in [0.1, 0.15) is 22.0 Å². The van der Waals surface area contributed by atoms with Gasteiger partial charge >= 0.3 is 5.97 Å². The molecule has 1 atom stereocenters. The summed E-state index contributed by atoms with van der Waals surface area (Å²) in [6.45, 7) is 1.72. The first kappa shape index (κ1) is 19.1. The predicted molar refractivity (Wildman–Crippen MR) is 113 cm³/mol. The Labute approximate surface area is 170 Å². The Morgan fingerprint density at radius 2 is 1.86 bits per heavy atom. The summed E-state index contributed by atoms with van der Waals surface area (Å²) >= 11 is 1.18. The summed E-state index contributed by atoms with van der Waals surface area (Å²) in [5, 5.41) is 0.739.